The second-order valence-electron chi connectivity index (χ2n) is 2.22. The molecule has 0 N–H and O–H groups in total. The van der Waals surface area contributed by atoms with Crippen LogP contribution < -0.4 is 0 Å². The van der Waals surface area contributed by atoms with Gasteiger partial charge in [0.05, 0.1) is 0 Å². The maximum absolute atomic E-state index is 5.94. The second-order valence-corrected chi connectivity index (χ2v) is 4.19. The van der Waals surface area contributed by atoms with Crippen molar-refractivity contribution in [3.8, 4) is 0 Å². The zero-order valence-corrected chi connectivity index (χ0v) is 10.2. The third-order valence-electron chi connectivity index (χ3n) is 1.34. The maximum Gasteiger partial charge on any atom is 0.0479 e. The first-order valence-electron chi connectivity index (χ1n) is 3.41. The highest BCUT2D eigenvalue weighted by Crippen LogP contribution is 2.21. The van der Waals surface area contributed by atoms with Crippen LogP contribution in [0.3, 0.4) is 0 Å². The van der Waals surface area contributed by atoms with E-state index in [2.05, 4.69) is 31.9 Å². The van der Waals surface area contributed by atoms with Crippen molar-refractivity contribution in [2.24, 2.45) is 0 Å². The summed E-state index contributed by atoms with van der Waals surface area (Å²) in [5.74, 6) is 0. The van der Waals surface area contributed by atoms with Crippen molar-refractivity contribution >= 4 is 49.5 Å². The van der Waals surface area contributed by atoms with Crippen LogP contribution in [0.1, 0.15) is 5.56 Å². The Morgan fingerprint density at radius 1 is 1.42 bits per heavy atom. The van der Waals surface area contributed by atoms with Gasteiger partial charge in [0.2, 0.25) is 0 Å². The van der Waals surface area contributed by atoms with Crippen LogP contribution in [0, 0.1) is 0 Å². The standard InChI is InChI=1S/C9H7Br2Cl/c10-5-1-2-7-6-8(11)3-4-9(7)12/h1-4,6H,5H2/b2-1+. The molecular weight excluding hydrogens is 303 g/mol. The summed E-state index contributed by atoms with van der Waals surface area (Å²) in [5, 5.41) is 1.62. The molecule has 64 valence electrons. The molecule has 0 radical (unpaired) electrons. The van der Waals surface area contributed by atoms with Gasteiger partial charge < -0.3 is 0 Å². The Balaban J connectivity index is 2.97. The van der Waals surface area contributed by atoms with Gasteiger partial charge in [-0.05, 0) is 23.8 Å². The molecule has 1 aromatic rings. The summed E-state index contributed by atoms with van der Waals surface area (Å²) in [7, 11) is 0. The molecule has 0 atom stereocenters. The summed E-state index contributed by atoms with van der Waals surface area (Å²) in [4.78, 5) is 0. The first-order valence-corrected chi connectivity index (χ1v) is 5.71. The summed E-state index contributed by atoms with van der Waals surface area (Å²) in [5.41, 5.74) is 1.03. The Hall–Kier alpha value is 0.210. The number of rotatable bonds is 2. The van der Waals surface area contributed by atoms with Gasteiger partial charge in [0, 0.05) is 14.8 Å². The molecule has 0 aliphatic rings. The fourth-order valence-electron chi connectivity index (χ4n) is 0.814. The Morgan fingerprint density at radius 2 is 2.17 bits per heavy atom. The van der Waals surface area contributed by atoms with Gasteiger partial charge in [-0.3, -0.25) is 0 Å². The van der Waals surface area contributed by atoms with Crippen LogP contribution in [0.25, 0.3) is 6.08 Å². The molecule has 0 nitrogen and oxygen atoms in total. The molecular formula is C9H7Br2Cl. The minimum atomic E-state index is 0.774. The van der Waals surface area contributed by atoms with Gasteiger partial charge in [0.1, 0.15) is 0 Å². The Kier molecular flexibility index (Phi) is 4.33. The van der Waals surface area contributed by atoms with Gasteiger partial charge in [-0.25, -0.2) is 0 Å². The molecule has 3 heteroatoms. The molecule has 0 aliphatic heterocycles. The van der Waals surface area contributed by atoms with Crippen LogP contribution in [-0.2, 0) is 0 Å². The van der Waals surface area contributed by atoms with Gasteiger partial charge in [0.25, 0.3) is 0 Å². The molecule has 0 heterocycles. The fraction of sp³-hybridized carbons (Fsp3) is 0.111. The van der Waals surface area contributed by atoms with Gasteiger partial charge >= 0.3 is 0 Å². The van der Waals surface area contributed by atoms with E-state index in [0.717, 1.165) is 20.4 Å². The smallest absolute Gasteiger partial charge is 0.0479 e. The largest absolute Gasteiger partial charge is 0.0883 e. The zero-order chi connectivity index (χ0) is 8.97. The lowest BCUT2D eigenvalue weighted by atomic mass is 10.2. The number of alkyl halides is 1. The molecule has 1 rings (SSSR count). The van der Waals surface area contributed by atoms with E-state index in [1.54, 1.807) is 0 Å². The van der Waals surface area contributed by atoms with Crippen LogP contribution in [0.4, 0.5) is 0 Å². The normalized spacial score (nSPS) is 10.9. The molecule has 0 aliphatic carbocycles. The van der Waals surface area contributed by atoms with Crippen molar-refractivity contribution < 1.29 is 0 Å². The number of benzene rings is 1. The summed E-state index contributed by atoms with van der Waals surface area (Å²) in [6, 6.07) is 5.79. The molecule has 0 fully saturated rings. The third kappa shape index (κ3) is 2.92. The SMILES string of the molecule is Clc1ccc(Br)cc1/C=C/CBr. The molecule has 0 bridgehead atoms. The highest BCUT2D eigenvalue weighted by atomic mass is 79.9. The lowest BCUT2D eigenvalue weighted by Gasteiger charge is -1.97. The van der Waals surface area contributed by atoms with Gasteiger partial charge in [-0.15, -0.1) is 0 Å². The summed E-state index contributed by atoms with van der Waals surface area (Å²) < 4.78 is 1.04. The van der Waals surface area contributed by atoms with E-state index in [1.165, 1.54) is 0 Å². The van der Waals surface area contributed by atoms with Crippen molar-refractivity contribution in [1.29, 1.82) is 0 Å². The minimum absolute atomic E-state index is 0.774. The molecule has 0 amide bonds. The van der Waals surface area contributed by atoms with Crippen LogP contribution in [0.15, 0.2) is 28.7 Å². The van der Waals surface area contributed by atoms with Crippen molar-refractivity contribution in [2.45, 2.75) is 0 Å². The number of hydrogen-bond donors (Lipinski definition) is 0. The molecule has 12 heavy (non-hydrogen) atoms. The van der Waals surface area contributed by atoms with E-state index in [-0.39, 0.29) is 0 Å². The first kappa shape index (κ1) is 10.3. The van der Waals surface area contributed by atoms with E-state index in [9.17, 15) is 0 Å². The van der Waals surface area contributed by atoms with Crippen LogP contribution in [0.2, 0.25) is 5.02 Å². The molecule has 0 saturated heterocycles. The predicted molar refractivity (Wildman–Crippen MR) is 62.0 cm³/mol. The highest BCUT2D eigenvalue weighted by molar-refractivity contribution is 9.10. The van der Waals surface area contributed by atoms with Crippen molar-refractivity contribution in [1.82, 2.24) is 0 Å². The van der Waals surface area contributed by atoms with Crippen molar-refractivity contribution in [3.05, 3.63) is 39.3 Å². The summed E-state index contributed by atoms with van der Waals surface area (Å²) in [6.07, 6.45) is 4.00. The Morgan fingerprint density at radius 3 is 2.83 bits per heavy atom. The summed E-state index contributed by atoms with van der Waals surface area (Å²) >= 11 is 12.6. The third-order valence-corrected chi connectivity index (χ3v) is 2.56. The van der Waals surface area contributed by atoms with E-state index >= 15 is 0 Å². The van der Waals surface area contributed by atoms with E-state index in [4.69, 9.17) is 11.6 Å². The van der Waals surface area contributed by atoms with Gasteiger partial charge in [0.15, 0.2) is 0 Å². The van der Waals surface area contributed by atoms with Crippen LogP contribution in [-0.4, -0.2) is 5.33 Å². The van der Waals surface area contributed by atoms with E-state index in [0.29, 0.717) is 0 Å². The maximum atomic E-state index is 5.94. The molecule has 0 unspecified atom stereocenters. The van der Waals surface area contributed by atoms with Crippen molar-refractivity contribution in [2.75, 3.05) is 5.33 Å². The molecule has 0 spiro atoms. The topological polar surface area (TPSA) is 0 Å². The van der Waals surface area contributed by atoms with Gasteiger partial charge in [-0.2, -0.15) is 0 Å². The second kappa shape index (κ2) is 5.05. The number of halogens is 3. The number of allylic oxidation sites excluding steroid dienone is 1. The monoisotopic (exact) mass is 308 g/mol. The van der Waals surface area contributed by atoms with Crippen molar-refractivity contribution in [3.63, 3.8) is 0 Å². The minimum Gasteiger partial charge on any atom is -0.0883 e. The quantitative estimate of drug-likeness (QED) is 0.705. The first-order chi connectivity index (χ1) is 5.74. The zero-order valence-electron chi connectivity index (χ0n) is 6.23. The predicted octanol–water partition coefficient (Wildman–Crippen LogP) is 4.51. The molecule has 0 aromatic heterocycles. The molecule has 0 saturated carbocycles. The molecule has 1 aromatic carbocycles. The Bertz CT molecular complexity index is 295. The van der Waals surface area contributed by atoms with E-state index < -0.39 is 0 Å². The lowest BCUT2D eigenvalue weighted by Crippen LogP contribution is -1.75. The van der Waals surface area contributed by atoms with Crippen LogP contribution >= 0.6 is 43.5 Å². The lowest BCUT2D eigenvalue weighted by molar-refractivity contribution is 1.60. The highest BCUT2D eigenvalue weighted by Gasteiger charge is 1.95. The van der Waals surface area contributed by atoms with E-state index in [1.807, 2.05) is 30.4 Å². The van der Waals surface area contributed by atoms with Crippen LogP contribution in [0.5, 0.6) is 0 Å². The average Bonchev–Trinajstić information content (AvgIpc) is 2.07. The number of hydrogen-bond acceptors (Lipinski definition) is 0. The van der Waals surface area contributed by atoms with Gasteiger partial charge in [-0.1, -0.05) is 55.6 Å². The summed E-state index contributed by atoms with van der Waals surface area (Å²) in [6.45, 7) is 0. The Labute approximate surface area is 93.9 Å². The fourth-order valence-corrected chi connectivity index (χ4v) is 1.56. The average molecular weight is 310 g/mol.